The minimum absolute atomic E-state index is 0.0274. The van der Waals surface area contributed by atoms with Crippen molar-refractivity contribution in [1.29, 1.82) is 0 Å². The maximum Gasteiger partial charge on any atom is 0.320 e. The average molecular weight is 195 g/mol. The minimum atomic E-state index is -3.19. The Labute approximate surface area is 71.0 Å². The first kappa shape index (κ1) is 11.6. The van der Waals surface area contributed by atoms with Crippen LogP contribution in [0.5, 0.6) is 0 Å². The van der Waals surface area contributed by atoms with Crippen LogP contribution in [-0.2, 0) is 9.36 Å². The van der Waals surface area contributed by atoms with Gasteiger partial charge in [0.25, 0.3) is 0 Å². The van der Waals surface area contributed by atoms with Crippen LogP contribution in [0.3, 0.4) is 0 Å². The van der Waals surface area contributed by atoms with E-state index in [9.17, 15) is 9.36 Å². The van der Waals surface area contributed by atoms with Gasteiger partial charge in [-0.25, -0.2) is 0 Å². The number of rotatable bonds is 4. The van der Waals surface area contributed by atoms with Gasteiger partial charge in [0.05, 0.1) is 0 Å². The average Bonchev–Trinajstić information content (AvgIpc) is 1.85. The molecular weight excluding hydrogens is 181 g/mol. The van der Waals surface area contributed by atoms with Gasteiger partial charge in [-0.3, -0.25) is 9.36 Å². The Morgan fingerprint density at radius 1 is 1.67 bits per heavy atom. The molecule has 0 aromatic carbocycles. The van der Waals surface area contributed by atoms with Crippen molar-refractivity contribution in [3.63, 3.8) is 0 Å². The summed E-state index contributed by atoms with van der Waals surface area (Å²) in [7, 11) is -3.19. The van der Waals surface area contributed by atoms with Gasteiger partial charge in [-0.15, -0.1) is 0 Å². The van der Waals surface area contributed by atoms with E-state index in [1.165, 1.54) is 13.6 Å². The van der Waals surface area contributed by atoms with Crippen LogP contribution in [0.4, 0.5) is 0 Å². The van der Waals surface area contributed by atoms with Gasteiger partial charge in [-0.1, -0.05) is 6.92 Å². The molecule has 0 aromatic heterocycles. The molecule has 3 atom stereocenters. The number of carboxylic acids is 1. The van der Waals surface area contributed by atoms with Crippen LogP contribution >= 0.6 is 7.37 Å². The second-order valence-electron chi connectivity index (χ2n) is 2.97. The molecule has 0 aliphatic rings. The molecule has 5 nitrogen and oxygen atoms in total. The van der Waals surface area contributed by atoms with Crippen molar-refractivity contribution in [2.24, 2.45) is 5.73 Å². The summed E-state index contributed by atoms with van der Waals surface area (Å²) in [5, 5.41) is 8.40. The SMILES string of the molecule is CC(CC(N)C(=O)O)P(C)(=O)O. The maximum absolute atomic E-state index is 11.0. The first-order valence-electron chi connectivity index (χ1n) is 3.53. The molecule has 0 aliphatic carbocycles. The fourth-order valence-electron chi connectivity index (χ4n) is 0.664. The summed E-state index contributed by atoms with van der Waals surface area (Å²) in [6.45, 7) is 2.72. The van der Waals surface area contributed by atoms with Gasteiger partial charge in [0.1, 0.15) is 6.04 Å². The van der Waals surface area contributed by atoms with Crippen LogP contribution in [0.1, 0.15) is 13.3 Å². The largest absolute Gasteiger partial charge is 0.480 e. The molecule has 0 radical (unpaired) electrons. The van der Waals surface area contributed by atoms with Gasteiger partial charge in [-0.2, -0.15) is 0 Å². The summed E-state index contributed by atoms with van der Waals surface area (Å²) in [4.78, 5) is 19.3. The number of aliphatic carboxylic acids is 1. The molecule has 72 valence electrons. The Bertz CT molecular complexity index is 212. The van der Waals surface area contributed by atoms with E-state index >= 15 is 0 Å². The first-order chi connectivity index (χ1) is 5.25. The lowest BCUT2D eigenvalue weighted by molar-refractivity contribution is -0.138. The molecule has 12 heavy (non-hydrogen) atoms. The third-order valence-corrected chi connectivity index (χ3v) is 3.58. The summed E-state index contributed by atoms with van der Waals surface area (Å²) in [6, 6.07) is -1.06. The lowest BCUT2D eigenvalue weighted by Gasteiger charge is -2.16. The zero-order chi connectivity index (χ0) is 9.94. The van der Waals surface area contributed by atoms with Crippen molar-refractivity contribution >= 4 is 13.3 Å². The van der Waals surface area contributed by atoms with Crippen LogP contribution in [0, 0.1) is 0 Å². The number of carbonyl (C=O) groups is 1. The van der Waals surface area contributed by atoms with Gasteiger partial charge >= 0.3 is 5.97 Å². The van der Waals surface area contributed by atoms with Crippen molar-refractivity contribution in [2.45, 2.75) is 25.0 Å². The van der Waals surface area contributed by atoms with E-state index < -0.39 is 25.0 Å². The van der Waals surface area contributed by atoms with Crippen molar-refractivity contribution in [3.8, 4) is 0 Å². The molecule has 0 aromatic rings. The molecule has 0 spiro atoms. The highest BCUT2D eigenvalue weighted by Gasteiger charge is 2.25. The van der Waals surface area contributed by atoms with Crippen molar-refractivity contribution in [2.75, 3.05) is 6.66 Å². The molecule has 0 saturated heterocycles. The van der Waals surface area contributed by atoms with Gasteiger partial charge in [0.2, 0.25) is 0 Å². The third-order valence-electron chi connectivity index (χ3n) is 1.73. The topological polar surface area (TPSA) is 101 Å². The van der Waals surface area contributed by atoms with E-state index in [0.717, 1.165) is 0 Å². The first-order valence-corrected chi connectivity index (χ1v) is 5.71. The van der Waals surface area contributed by atoms with Crippen molar-refractivity contribution in [3.05, 3.63) is 0 Å². The number of nitrogens with two attached hydrogens (primary N) is 1. The molecule has 0 aliphatic heterocycles. The lowest BCUT2D eigenvalue weighted by atomic mass is 10.2. The standard InChI is InChI=1S/C6H14NO4P/c1-4(12(2,10)11)3-5(7)6(8)9/h4-5H,3,7H2,1-2H3,(H,8,9)(H,10,11). The van der Waals surface area contributed by atoms with Gasteiger partial charge in [-0.05, 0) is 6.42 Å². The highest BCUT2D eigenvalue weighted by molar-refractivity contribution is 7.57. The Morgan fingerprint density at radius 3 is 2.33 bits per heavy atom. The van der Waals surface area contributed by atoms with Gasteiger partial charge < -0.3 is 15.7 Å². The van der Waals surface area contributed by atoms with E-state index in [1.807, 2.05) is 0 Å². The molecule has 0 saturated carbocycles. The summed E-state index contributed by atoms with van der Waals surface area (Å²) in [6.07, 6.45) is 0.0274. The molecule has 0 bridgehead atoms. The van der Waals surface area contributed by atoms with E-state index in [4.69, 9.17) is 15.7 Å². The Hall–Kier alpha value is -0.380. The van der Waals surface area contributed by atoms with Crippen LogP contribution < -0.4 is 5.73 Å². The normalized spacial score (nSPS) is 21.0. The quantitative estimate of drug-likeness (QED) is 0.551. The van der Waals surface area contributed by atoms with E-state index in [1.54, 1.807) is 0 Å². The van der Waals surface area contributed by atoms with E-state index in [-0.39, 0.29) is 6.42 Å². The zero-order valence-corrected chi connectivity index (χ0v) is 7.99. The number of hydrogen-bond acceptors (Lipinski definition) is 3. The lowest BCUT2D eigenvalue weighted by Crippen LogP contribution is -2.33. The predicted octanol–water partition coefficient (Wildman–Crippen LogP) is 0.0771. The second kappa shape index (κ2) is 4.03. The predicted molar refractivity (Wildman–Crippen MR) is 45.4 cm³/mol. The smallest absolute Gasteiger partial charge is 0.320 e. The number of hydrogen-bond donors (Lipinski definition) is 3. The fraction of sp³-hybridized carbons (Fsp3) is 0.833. The van der Waals surface area contributed by atoms with E-state index in [2.05, 4.69) is 0 Å². The summed E-state index contributed by atoms with van der Waals surface area (Å²) in [5.74, 6) is -1.14. The maximum atomic E-state index is 11.0. The molecule has 0 rings (SSSR count). The van der Waals surface area contributed by atoms with Crippen LogP contribution in [-0.4, -0.2) is 34.3 Å². The van der Waals surface area contributed by atoms with Gasteiger partial charge in [0.15, 0.2) is 7.37 Å². The van der Waals surface area contributed by atoms with Gasteiger partial charge in [0, 0.05) is 12.3 Å². The summed E-state index contributed by atoms with van der Waals surface area (Å²) in [5.41, 5.74) is 4.62. The van der Waals surface area contributed by atoms with E-state index in [0.29, 0.717) is 0 Å². The third kappa shape index (κ3) is 3.85. The minimum Gasteiger partial charge on any atom is -0.480 e. The molecular formula is C6H14NO4P. The monoisotopic (exact) mass is 195 g/mol. The Balaban J connectivity index is 4.11. The number of carboxylic acid groups (broad SMARTS) is 1. The zero-order valence-electron chi connectivity index (χ0n) is 7.10. The molecule has 0 amide bonds. The van der Waals surface area contributed by atoms with Crippen LogP contribution in [0.15, 0.2) is 0 Å². The molecule has 6 heteroatoms. The molecule has 0 heterocycles. The second-order valence-corrected chi connectivity index (χ2v) is 5.74. The molecule has 0 fully saturated rings. The molecule has 4 N–H and O–H groups in total. The highest BCUT2D eigenvalue weighted by atomic mass is 31.2. The van der Waals surface area contributed by atoms with Crippen LogP contribution in [0.25, 0.3) is 0 Å². The summed E-state index contributed by atoms with van der Waals surface area (Å²) >= 11 is 0. The molecule has 3 unspecified atom stereocenters. The highest BCUT2D eigenvalue weighted by Crippen LogP contribution is 2.43. The summed E-state index contributed by atoms with van der Waals surface area (Å²) < 4.78 is 11.0. The van der Waals surface area contributed by atoms with Crippen LogP contribution in [0.2, 0.25) is 0 Å². The Kier molecular flexibility index (Phi) is 3.90. The van der Waals surface area contributed by atoms with Crippen molar-refractivity contribution < 1.29 is 19.4 Å². The Morgan fingerprint density at radius 2 is 2.08 bits per heavy atom. The fourth-order valence-corrected chi connectivity index (χ4v) is 1.28. The van der Waals surface area contributed by atoms with Crippen molar-refractivity contribution in [1.82, 2.24) is 0 Å².